The largest absolute Gasteiger partial charge is 0.505 e. The number of phenols is 2. The molecule has 15 heavy (non-hydrogen) atoms. The van der Waals surface area contributed by atoms with Crippen molar-refractivity contribution in [2.45, 2.75) is 0 Å². The Morgan fingerprint density at radius 1 is 0.867 bits per heavy atom. The van der Waals surface area contributed by atoms with Crippen LogP contribution in [0.4, 0.5) is 0 Å². The predicted octanol–water partition coefficient (Wildman–Crippen LogP) is 2.15. The Morgan fingerprint density at radius 3 is 1.33 bits per heavy atom. The van der Waals surface area contributed by atoms with Gasteiger partial charge >= 0.3 is 0 Å². The molecule has 2 N–H and O–H groups in total. The Balaban J connectivity index is 0.00000196. The molecular formula is C8H2Cl2FeN2O2. The van der Waals surface area contributed by atoms with Crippen LogP contribution in [0.15, 0.2) is 0 Å². The second-order valence-corrected chi connectivity index (χ2v) is 3.05. The van der Waals surface area contributed by atoms with E-state index in [1.165, 1.54) is 0 Å². The van der Waals surface area contributed by atoms with E-state index < -0.39 is 11.5 Å². The molecule has 0 atom stereocenters. The number of aromatic hydroxyl groups is 2. The van der Waals surface area contributed by atoms with Gasteiger partial charge in [-0.2, -0.15) is 10.5 Å². The second kappa shape index (κ2) is 5.11. The Bertz CT molecular complexity index is 446. The van der Waals surface area contributed by atoms with Crippen molar-refractivity contribution in [1.82, 2.24) is 0 Å². The van der Waals surface area contributed by atoms with Gasteiger partial charge in [0.2, 0.25) is 0 Å². The number of hydrogen-bond acceptors (Lipinski definition) is 4. The molecule has 1 rings (SSSR count). The minimum absolute atomic E-state index is 0. The normalized spacial score (nSPS) is 8.53. The van der Waals surface area contributed by atoms with Crippen LogP contribution in [0.25, 0.3) is 0 Å². The van der Waals surface area contributed by atoms with E-state index in [9.17, 15) is 10.2 Å². The molecule has 1 aromatic rings. The number of hydrogen-bond donors (Lipinski definition) is 2. The maximum Gasteiger partial charge on any atom is 0.155 e. The summed E-state index contributed by atoms with van der Waals surface area (Å²) in [5.74, 6) is -1.21. The summed E-state index contributed by atoms with van der Waals surface area (Å²) in [6.07, 6.45) is 0. The van der Waals surface area contributed by atoms with Gasteiger partial charge in [-0.25, -0.2) is 0 Å². The predicted molar refractivity (Wildman–Crippen MR) is 49.2 cm³/mol. The van der Waals surface area contributed by atoms with Crippen LogP contribution in [0.5, 0.6) is 11.5 Å². The summed E-state index contributed by atoms with van der Waals surface area (Å²) in [6.45, 7) is 0. The topological polar surface area (TPSA) is 88.0 Å². The average Bonchev–Trinajstić information content (AvgIpc) is 2.20. The van der Waals surface area contributed by atoms with Gasteiger partial charge in [-0.15, -0.1) is 0 Å². The van der Waals surface area contributed by atoms with Gasteiger partial charge in [0.25, 0.3) is 0 Å². The summed E-state index contributed by atoms with van der Waals surface area (Å²) < 4.78 is 0. The molecule has 0 spiro atoms. The van der Waals surface area contributed by atoms with Crippen LogP contribution < -0.4 is 0 Å². The third kappa shape index (κ3) is 2.12. The molecule has 0 unspecified atom stereocenters. The van der Waals surface area contributed by atoms with Crippen molar-refractivity contribution in [1.29, 1.82) is 10.5 Å². The number of halogens is 2. The Morgan fingerprint density at radius 2 is 1.13 bits per heavy atom. The molecule has 0 aliphatic heterocycles. The number of benzene rings is 1. The van der Waals surface area contributed by atoms with Crippen molar-refractivity contribution in [2.75, 3.05) is 0 Å². The van der Waals surface area contributed by atoms with E-state index in [0.29, 0.717) is 0 Å². The maximum atomic E-state index is 9.31. The van der Waals surface area contributed by atoms with Gasteiger partial charge in [0.1, 0.15) is 33.3 Å². The number of phenolic OH excluding ortho intramolecular Hbond substituents is 2. The second-order valence-electron chi connectivity index (χ2n) is 2.30. The van der Waals surface area contributed by atoms with E-state index in [1.54, 1.807) is 12.1 Å². The first-order valence-corrected chi connectivity index (χ1v) is 4.03. The van der Waals surface area contributed by atoms with Crippen molar-refractivity contribution < 1.29 is 27.3 Å². The molecule has 78 valence electrons. The summed E-state index contributed by atoms with van der Waals surface area (Å²) in [5, 5.41) is 35.1. The first-order chi connectivity index (χ1) is 6.54. The Labute approximate surface area is 106 Å². The van der Waals surface area contributed by atoms with Gasteiger partial charge in [-0.3, -0.25) is 0 Å². The first-order valence-electron chi connectivity index (χ1n) is 3.27. The van der Waals surface area contributed by atoms with E-state index >= 15 is 0 Å². The zero-order valence-corrected chi connectivity index (χ0v) is 9.51. The van der Waals surface area contributed by atoms with Crippen LogP contribution >= 0.6 is 23.2 Å². The van der Waals surface area contributed by atoms with Gasteiger partial charge in [-0.05, 0) is 0 Å². The Hall–Kier alpha value is -1.10. The molecule has 0 saturated heterocycles. The molecule has 0 radical (unpaired) electrons. The SMILES string of the molecule is N#Cc1c(O)c(Cl)c(Cl)c(O)c1C#N.[Fe]. The van der Waals surface area contributed by atoms with Gasteiger partial charge in [-0.1, -0.05) is 23.2 Å². The van der Waals surface area contributed by atoms with Crippen LogP contribution in [0.1, 0.15) is 11.1 Å². The van der Waals surface area contributed by atoms with E-state index in [4.69, 9.17) is 33.7 Å². The minimum atomic E-state index is -0.603. The van der Waals surface area contributed by atoms with Crippen LogP contribution in [-0.2, 0) is 17.1 Å². The van der Waals surface area contributed by atoms with Crippen molar-refractivity contribution >= 4 is 23.2 Å². The smallest absolute Gasteiger partial charge is 0.155 e. The monoisotopic (exact) mass is 284 g/mol. The van der Waals surface area contributed by atoms with E-state index in [-0.39, 0.29) is 38.2 Å². The molecular weight excluding hydrogens is 283 g/mol. The average molecular weight is 285 g/mol. The quantitative estimate of drug-likeness (QED) is 0.564. The fourth-order valence-electron chi connectivity index (χ4n) is 0.882. The molecule has 0 aliphatic rings. The molecule has 0 aliphatic carbocycles. The fourth-order valence-corrected chi connectivity index (χ4v) is 1.25. The molecule has 0 fully saturated rings. The summed E-state index contributed by atoms with van der Waals surface area (Å²) in [4.78, 5) is 0. The number of rotatable bonds is 0. The van der Waals surface area contributed by atoms with Gasteiger partial charge in [0, 0.05) is 17.1 Å². The van der Waals surface area contributed by atoms with E-state index in [1.807, 2.05) is 0 Å². The molecule has 1 aromatic carbocycles. The summed E-state index contributed by atoms with van der Waals surface area (Å²) in [6, 6.07) is 3.10. The standard InChI is InChI=1S/C8H2Cl2N2O2.Fe/c9-5-6(10)8(14)4(2-12)3(1-11)7(5)13;/h13-14H;. The molecule has 4 nitrogen and oxygen atoms in total. The van der Waals surface area contributed by atoms with E-state index in [2.05, 4.69) is 0 Å². The molecule has 0 heterocycles. The van der Waals surface area contributed by atoms with Gasteiger partial charge < -0.3 is 10.2 Å². The van der Waals surface area contributed by atoms with Crippen molar-refractivity contribution in [3.8, 4) is 23.6 Å². The summed E-state index contributed by atoms with van der Waals surface area (Å²) >= 11 is 11.0. The minimum Gasteiger partial charge on any atom is -0.505 e. The summed E-state index contributed by atoms with van der Waals surface area (Å²) in [7, 11) is 0. The van der Waals surface area contributed by atoms with Crippen LogP contribution in [-0.4, -0.2) is 10.2 Å². The zero-order chi connectivity index (χ0) is 10.9. The van der Waals surface area contributed by atoms with Crippen molar-refractivity contribution in [3.63, 3.8) is 0 Å². The van der Waals surface area contributed by atoms with Crippen LogP contribution in [0, 0.1) is 22.7 Å². The molecule has 0 amide bonds. The third-order valence-electron chi connectivity index (χ3n) is 1.56. The first kappa shape index (κ1) is 13.9. The van der Waals surface area contributed by atoms with Gasteiger partial charge in [0.05, 0.1) is 0 Å². The molecule has 0 bridgehead atoms. The zero-order valence-electron chi connectivity index (χ0n) is 6.90. The maximum absolute atomic E-state index is 9.31. The van der Waals surface area contributed by atoms with Crippen LogP contribution in [0.2, 0.25) is 10.0 Å². The molecule has 0 aromatic heterocycles. The molecule has 7 heteroatoms. The Kier molecular flexibility index (Phi) is 4.74. The fraction of sp³-hybridized carbons (Fsp3) is 0. The van der Waals surface area contributed by atoms with Gasteiger partial charge in [0.15, 0.2) is 11.5 Å². The molecule has 0 saturated carbocycles. The third-order valence-corrected chi connectivity index (χ3v) is 2.39. The number of nitrogens with zero attached hydrogens (tertiary/aromatic N) is 2. The number of nitriles is 2. The van der Waals surface area contributed by atoms with Crippen molar-refractivity contribution in [2.24, 2.45) is 0 Å². The summed E-state index contributed by atoms with van der Waals surface area (Å²) in [5.41, 5.74) is -0.779. The van der Waals surface area contributed by atoms with Crippen LogP contribution in [0.3, 0.4) is 0 Å². The van der Waals surface area contributed by atoms with E-state index in [0.717, 1.165) is 0 Å². The van der Waals surface area contributed by atoms with Crippen molar-refractivity contribution in [3.05, 3.63) is 21.2 Å².